The first kappa shape index (κ1) is 14.4. The van der Waals surface area contributed by atoms with Crippen LogP contribution < -0.4 is 14.8 Å². The first-order chi connectivity index (χ1) is 8.55. The highest BCUT2D eigenvalue weighted by Gasteiger charge is 2.12. The van der Waals surface area contributed by atoms with Crippen LogP contribution in [0, 0.1) is 0 Å². The van der Waals surface area contributed by atoms with E-state index in [0.717, 1.165) is 0 Å². The summed E-state index contributed by atoms with van der Waals surface area (Å²) >= 11 is 0. The molecule has 7 heteroatoms. The van der Waals surface area contributed by atoms with E-state index in [4.69, 9.17) is 14.2 Å². The van der Waals surface area contributed by atoms with Gasteiger partial charge in [-0.05, 0) is 20.8 Å². The molecule has 102 valence electrons. The molecule has 0 saturated heterocycles. The van der Waals surface area contributed by atoms with Gasteiger partial charge in [-0.25, -0.2) is 0 Å². The summed E-state index contributed by atoms with van der Waals surface area (Å²) in [5.41, 5.74) is 0. The van der Waals surface area contributed by atoms with Crippen molar-refractivity contribution in [3.05, 3.63) is 0 Å². The maximum absolute atomic E-state index is 5.51. The summed E-state index contributed by atoms with van der Waals surface area (Å²) in [5.74, 6) is 0.403. The summed E-state index contributed by atoms with van der Waals surface area (Å²) in [4.78, 5) is 12.3. The summed E-state index contributed by atoms with van der Waals surface area (Å²) in [6, 6.07) is 0.457. The van der Waals surface area contributed by atoms with Gasteiger partial charge in [-0.2, -0.15) is 9.97 Å². The van der Waals surface area contributed by atoms with Crippen molar-refractivity contribution in [2.75, 3.05) is 26.1 Å². The van der Waals surface area contributed by atoms with Crippen LogP contribution in [0.25, 0.3) is 0 Å². The number of nitrogens with zero attached hydrogens (tertiary/aromatic N) is 3. The molecule has 18 heavy (non-hydrogen) atoms. The third-order valence-corrected chi connectivity index (χ3v) is 1.87. The maximum atomic E-state index is 5.51. The fraction of sp³-hybridized carbons (Fsp3) is 0.727. The molecule has 0 aromatic carbocycles. The molecule has 1 aromatic rings. The predicted molar refractivity (Wildman–Crippen MR) is 67.1 cm³/mol. The Bertz CT molecular complexity index is 373. The second-order valence-corrected chi connectivity index (χ2v) is 4.02. The lowest BCUT2D eigenvalue weighted by molar-refractivity contribution is 0.0841. The van der Waals surface area contributed by atoms with E-state index in [1.165, 1.54) is 0 Å². The van der Waals surface area contributed by atoms with Gasteiger partial charge in [0.1, 0.15) is 6.10 Å². The lowest BCUT2D eigenvalue weighted by Crippen LogP contribution is -2.20. The van der Waals surface area contributed by atoms with E-state index in [0.29, 0.717) is 12.6 Å². The second kappa shape index (κ2) is 6.95. The molecule has 0 fully saturated rings. The summed E-state index contributed by atoms with van der Waals surface area (Å²) < 4.78 is 15.9. The minimum absolute atomic E-state index is 0.0126. The Morgan fingerprint density at radius 2 is 1.67 bits per heavy atom. The molecule has 0 aliphatic heterocycles. The number of nitrogens with one attached hydrogen (secondary N) is 1. The van der Waals surface area contributed by atoms with E-state index in [9.17, 15) is 0 Å². The number of anilines is 1. The lowest BCUT2D eigenvalue weighted by Gasteiger charge is -2.14. The van der Waals surface area contributed by atoms with Gasteiger partial charge in [0.15, 0.2) is 0 Å². The van der Waals surface area contributed by atoms with Crippen LogP contribution in [0.15, 0.2) is 0 Å². The average molecular weight is 256 g/mol. The van der Waals surface area contributed by atoms with Crippen LogP contribution >= 0.6 is 0 Å². The van der Waals surface area contributed by atoms with Gasteiger partial charge >= 0.3 is 12.0 Å². The SMILES string of the molecule is CNc1nc(OC(C)C)nc(OC(C)COC)n1. The van der Waals surface area contributed by atoms with Crippen molar-refractivity contribution in [2.45, 2.75) is 33.0 Å². The van der Waals surface area contributed by atoms with Gasteiger partial charge in [-0.3, -0.25) is 0 Å². The number of hydrogen-bond donors (Lipinski definition) is 1. The summed E-state index contributed by atoms with van der Waals surface area (Å²) in [7, 11) is 3.33. The van der Waals surface area contributed by atoms with Gasteiger partial charge < -0.3 is 19.5 Å². The number of ether oxygens (including phenoxy) is 3. The molecule has 1 rings (SSSR count). The number of methoxy groups -OCH3 is 1. The highest BCUT2D eigenvalue weighted by atomic mass is 16.5. The maximum Gasteiger partial charge on any atom is 0.324 e. The molecule has 7 nitrogen and oxygen atoms in total. The Kier molecular flexibility index (Phi) is 5.57. The van der Waals surface area contributed by atoms with E-state index < -0.39 is 0 Å². The van der Waals surface area contributed by atoms with Crippen LogP contribution in [-0.2, 0) is 4.74 Å². The van der Waals surface area contributed by atoms with Crippen LogP contribution in [0.2, 0.25) is 0 Å². The Balaban J connectivity index is 2.82. The molecule has 1 unspecified atom stereocenters. The van der Waals surface area contributed by atoms with Crippen molar-refractivity contribution >= 4 is 5.95 Å². The molecule has 0 spiro atoms. The molecule has 0 radical (unpaired) electrons. The molecular formula is C11H20N4O3. The van der Waals surface area contributed by atoms with E-state index >= 15 is 0 Å². The molecule has 0 bridgehead atoms. The van der Waals surface area contributed by atoms with Crippen molar-refractivity contribution < 1.29 is 14.2 Å². The van der Waals surface area contributed by atoms with E-state index in [2.05, 4.69) is 20.3 Å². The van der Waals surface area contributed by atoms with Crippen molar-refractivity contribution in [1.29, 1.82) is 0 Å². The molecule has 1 N–H and O–H groups in total. The minimum atomic E-state index is -0.144. The van der Waals surface area contributed by atoms with Gasteiger partial charge in [0, 0.05) is 14.2 Å². The largest absolute Gasteiger partial charge is 0.461 e. The lowest BCUT2D eigenvalue weighted by atomic mass is 10.4. The van der Waals surface area contributed by atoms with Gasteiger partial charge in [0.25, 0.3) is 0 Å². The average Bonchev–Trinajstić information content (AvgIpc) is 2.27. The Hall–Kier alpha value is -1.63. The molecule has 0 aliphatic rings. The zero-order chi connectivity index (χ0) is 13.5. The topological polar surface area (TPSA) is 78.4 Å². The Labute approximate surface area is 107 Å². The molecule has 0 amide bonds. The number of aromatic nitrogens is 3. The van der Waals surface area contributed by atoms with E-state index in [-0.39, 0.29) is 24.2 Å². The van der Waals surface area contributed by atoms with Crippen LogP contribution in [0.4, 0.5) is 5.95 Å². The number of hydrogen-bond acceptors (Lipinski definition) is 7. The molecule has 1 atom stereocenters. The van der Waals surface area contributed by atoms with Crippen LogP contribution in [0.3, 0.4) is 0 Å². The molecule has 0 saturated carbocycles. The van der Waals surface area contributed by atoms with Gasteiger partial charge in [-0.1, -0.05) is 0 Å². The van der Waals surface area contributed by atoms with Crippen molar-refractivity contribution in [1.82, 2.24) is 15.0 Å². The first-order valence-electron chi connectivity index (χ1n) is 5.81. The van der Waals surface area contributed by atoms with Crippen molar-refractivity contribution in [3.8, 4) is 12.0 Å². The van der Waals surface area contributed by atoms with Crippen LogP contribution in [0.5, 0.6) is 12.0 Å². The zero-order valence-electron chi connectivity index (χ0n) is 11.4. The second-order valence-electron chi connectivity index (χ2n) is 4.02. The van der Waals surface area contributed by atoms with Crippen LogP contribution in [0.1, 0.15) is 20.8 Å². The van der Waals surface area contributed by atoms with E-state index in [1.807, 2.05) is 20.8 Å². The fourth-order valence-corrected chi connectivity index (χ4v) is 1.21. The zero-order valence-corrected chi connectivity index (χ0v) is 11.4. The highest BCUT2D eigenvalue weighted by molar-refractivity contribution is 5.26. The summed E-state index contributed by atoms with van der Waals surface area (Å²) in [6.45, 7) is 6.13. The van der Waals surface area contributed by atoms with Gasteiger partial charge in [-0.15, -0.1) is 4.98 Å². The molecule has 1 aromatic heterocycles. The standard InChI is InChI=1S/C11H20N4O3/c1-7(2)17-10-13-9(12-4)14-11(15-10)18-8(3)6-16-5/h7-8H,6H2,1-5H3,(H,12,13,14,15). The summed E-state index contributed by atoms with van der Waals surface area (Å²) in [6.07, 6.45) is -0.157. The third kappa shape index (κ3) is 4.70. The summed E-state index contributed by atoms with van der Waals surface area (Å²) in [5, 5.41) is 2.83. The third-order valence-electron chi connectivity index (χ3n) is 1.87. The van der Waals surface area contributed by atoms with Crippen LogP contribution in [-0.4, -0.2) is 47.9 Å². The normalized spacial score (nSPS) is 12.3. The molecule has 1 heterocycles. The van der Waals surface area contributed by atoms with Gasteiger partial charge in [0.2, 0.25) is 5.95 Å². The van der Waals surface area contributed by atoms with E-state index in [1.54, 1.807) is 14.2 Å². The first-order valence-corrected chi connectivity index (χ1v) is 5.81. The van der Waals surface area contributed by atoms with Crippen molar-refractivity contribution in [2.24, 2.45) is 0 Å². The smallest absolute Gasteiger partial charge is 0.324 e. The predicted octanol–water partition coefficient (Wildman–Crippen LogP) is 1.11. The molecule has 0 aliphatic carbocycles. The van der Waals surface area contributed by atoms with Gasteiger partial charge in [0.05, 0.1) is 12.7 Å². The Morgan fingerprint density at radius 1 is 1.06 bits per heavy atom. The monoisotopic (exact) mass is 256 g/mol. The molecular weight excluding hydrogens is 236 g/mol. The number of rotatable bonds is 7. The Morgan fingerprint density at radius 3 is 2.17 bits per heavy atom. The highest BCUT2D eigenvalue weighted by Crippen LogP contribution is 2.14. The quantitative estimate of drug-likeness (QED) is 0.783. The van der Waals surface area contributed by atoms with Crippen molar-refractivity contribution in [3.63, 3.8) is 0 Å². The minimum Gasteiger partial charge on any atom is -0.461 e. The fourth-order valence-electron chi connectivity index (χ4n) is 1.21.